The third kappa shape index (κ3) is 8.80. The summed E-state index contributed by atoms with van der Waals surface area (Å²) in [5, 5.41) is 7.03. The van der Waals surface area contributed by atoms with Crippen LogP contribution in [-0.4, -0.2) is 81.8 Å². The number of nitrogens with one attached hydrogen (secondary N) is 2. The van der Waals surface area contributed by atoms with Gasteiger partial charge in [-0.3, -0.25) is 4.99 Å². The molecule has 0 saturated carbocycles. The van der Waals surface area contributed by atoms with Crippen LogP contribution in [0.25, 0.3) is 0 Å². The van der Waals surface area contributed by atoms with E-state index in [9.17, 15) is 0 Å². The van der Waals surface area contributed by atoms with Gasteiger partial charge in [0.1, 0.15) is 0 Å². The van der Waals surface area contributed by atoms with Crippen molar-refractivity contribution < 1.29 is 4.74 Å². The molecule has 0 spiro atoms. The van der Waals surface area contributed by atoms with Crippen LogP contribution in [0.2, 0.25) is 0 Å². The fraction of sp³-hybridized carbons (Fsp3) is 0.720. The molecule has 0 amide bonds. The lowest BCUT2D eigenvalue weighted by molar-refractivity contribution is -0.0265. The molecule has 2 aliphatic rings. The maximum absolute atomic E-state index is 6.19. The zero-order chi connectivity index (χ0) is 22.1. The first kappa shape index (κ1) is 27.3. The van der Waals surface area contributed by atoms with Gasteiger partial charge in [-0.05, 0) is 45.2 Å². The monoisotopic (exact) mass is 557 g/mol. The van der Waals surface area contributed by atoms with E-state index in [4.69, 9.17) is 9.73 Å². The zero-order valence-corrected chi connectivity index (χ0v) is 22.8. The molecule has 6 nitrogen and oxygen atoms in total. The Morgan fingerprint density at radius 2 is 1.88 bits per heavy atom. The van der Waals surface area contributed by atoms with E-state index in [1.54, 1.807) is 0 Å². The van der Waals surface area contributed by atoms with E-state index in [1.165, 1.54) is 43.7 Å². The molecule has 2 N–H and O–H groups in total. The average Bonchev–Trinajstić information content (AvgIpc) is 2.78. The molecule has 32 heavy (non-hydrogen) atoms. The Morgan fingerprint density at radius 1 is 1.16 bits per heavy atom. The van der Waals surface area contributed by atoms with E-state index in [0.717, 1.165) is 45.2 Å². The fourth-order valence-electron chi connectivity index (χ4n) is 4.52. The van der Waals surface area contributed by atoms with Crippen LogP contribution in [0.4, 0.5) is 0 Å². The van der Waals surface area contributed by atoms with Crippen LogP contribution in [0.15, 0.2) is 29.3 Å². The van der Waals surface area contributed by atoms with Gasteiger partial charge in [-0.15, -0.1) is 24.0 Å². The Balaban J connectivity index is 0.00000363. The molecule has 3 rings (SSSR count). The van der Waals surface area contributed by atoms with E-state index in [1.807, 2.05) is 0 Å². The van der Waals surface area contributed by atoms with Gasteiger partial charge in [-0.25, -0.2) is 0 Å². The first-order valence-electron chi connectivity index (χ1n) is 12.2. The summed E-state index contributed by atoms with van der Waals surface area (Å²) in [6.07, 6.45) is 2.48. The molecular weight excluding hydrogens is 513 g/mol. The van der Waals surface area contributed by atoms with E-state index in [-0.39, 0.29) is 30.1 Å². The van der Waals surface area contributed by atoms with Crippen molar-refractivity contribution in [1.29, 1.82) is 0 Å². The number of aliphatic imine (C=N–C) groups is 1. The second-order valence-corrected chi connectivity index (χ2v) is 9.41. The zero-order valence-electron chi connectivity index (χ0n) is 20.5. The quantitative estimate of drug-likeness (QED) is 0.291. The van der Waals surface area contributed by atoms with Crippen LogP contribution < -0.4 is 10.6 Å². The largest absolute Gasteiger partial charge is 0.373 e. The first-order valence-corrected chi connectivity index (χ1v) is 12.2. The SMILES string of the molecule is CCNC(=NCC(C)CN1CCN(C)CC1)NCC1CCCOC1c1ccc(C)cc1.I. The standard InChI is InChI=1S/C25H43N5O.HI/c1-5-26-25(27-17-21(3)19-30-14-12-29(4)13-15-30)28-18-23-7-6-16-31-24(23)22-10-8-20(2)9-11-22;/h8-11,21,23-24H,5-7,12-19H2,1-4H3,(H2,26,27,28);1H. The highest BCUT2D eigenvalue weighted by molar-refractivity contribution is 14.0. The minimum Gasteiger partial charge on any atom is -0.373 e. The summed E-state index contributed by atoms with van der Waals surface area (Å²) in [4.78, 5) is 9.89. The van der Waals surface area contributed by atoms with E-state index in [0.29, 0.717) is 11.8 Å². The highest BCUT2D eigenvalue weighted by Crippen LogP contribution is 2.33. The normalized spacial score (nSPS) is 23.9. The molecule has 0 radical (unpaired) electrons. The summed E-state index contributed by atoms with van der Waals surface area (Å²) in [7, 11) is 2.21. The summed E-state index contributed by atoms with van der Waals surface area (Å²) >= 11 is 0. The van der Waals surface area contributed by atoms with Crippen LogP contribution in [0.3, 0.4) is 0 Å². The van der Waals surface area contributed by atoms with E-state index < -0.39 is 0 Å². The molecule has 0 aliphatic carbocycles. The van der Waals surface area contributed by atoms with Crippen LogP contribution in [0, 0.1) is 18.8 Å². The van der Waals surface area contributed by atoms with Gasteiger partial charge in [-0.1, -0.05) is 36.8 Å². The molecule has 3 atom stereocenters. The molecule has 2 fully saturated rings. The van der Waals surface area contributed by atoms with Gasteiger partial charge >= 0.3 is 0 Å². The summed E-state index contributed by atoms with van der Waals surface area (Å²) in [5.41, 5.74) is 2.58. The van der Waals surface area contributed by atoms with Gasteiger partial charge in [0.05, 0.1) is 6.10 Å². The smallest absolute Gasteiger partial charge is 0.191 e. The van der Waals surface area contributed by atoms with Crippen molar-refractivity contribution in [3.05, 3.63) is 35.4 Å². The van der Waals surface area contributed by atoms with Crippen LogP contribution in [0.5, 0.6) is 0 Å². The van der Waals surface area contributed by atoms with Crippen molar-refractivity contribution in [2.45, 2.75) is 39.7 Å². The lowest BCUT2D eigenvalue weighted by atomic mass is 9.89. The van der Waals surface area contributed by atoms with Crippen molar-refractivity contribution in [3.63, 3.8) is 0 Å². The number of benzene rings is 1. The molecule has 0 aromatic heterocycles. The molecule has 3 unspecified atom stereocenters. The Bertz CT molecular complexity index is 675. The average molecular weight is 558 g/mol. The van der Waals surface area contributed by atoms with Gasteiger partial charge in [-0.2, -0.15) is 0 Å². The maximum Gasteiger partial charge on any atom is 0.191 e. The summed E-state index contributed by atoms with van der Waals surface area (Å²) in [5.74, 6) is 1.95. The maximum atomic E-state index is 6.19. The van der Waals surface area contributed by atoms with Crippen molar-refractivity contribution in [2.75, 3.05) is 66.0 Å². The Kier molecular flexibility index (Phi) is 12.3. The van der Waals surface area contributed by atoms with Crippen LogP contribution in [0.1, 0.15) is 43.9 Å². The predicted molar refractivity (Wildman–Crippen MR) is 145 cm³/mol. The number of likely N-dealkylation sites (N-methyl/N-ethyl adjacent to an activating group) is 1. The number of guanidine groups is 1. The Labute approximate surface area is 212 Å². The van der Waals surface area contributed by atoms with Crippen LogP contribution >= 0.6 is 24.0 Å². The molecule has 182 valence electrons. The van der Waals surface area contributed by atoms with E-state index in [2.05, 4.69) is 72.5 Å². The fourth-order valence-corrected chi connectivity index (χ4v) is 4.52. The van der Waals surface area contributed by atoms with E-state index >= 15 is 0 Å². The summed E-state index contributed by atoms with van der Waals surface area (Å²) < 4.78 is 6.19. The summed E-state index contributed by atoms with van der Waals surface area (Å²) in [6.45, 7) is 15.9. The number of aryl methyl sites for hydroxylation is 1. The third-order valence-corrected chi connectivity index (χ3v) is 6.45. The molecule has 0 bridgehead atoms. The Hall–Kier alpha value is -0.900. The second kappa shape index (κ2) is 14.4. The lowest BCUT2D eigenvalue weighted by Gasteiger charge is -2.33. The number of rotatable bonds is 8. The molecule has 1 aromatic rings. The van der Waals surface area contributed by atoms with Crippen molar-refractivity contribution >= 4 is 29.9 Å². The first-order chi connectivity index (χ1) is 15.0. The van der Waals surface area contributed by atoms with Crippen molar-refractivity contribution in [2.24, 2.45) is 16.8 Å². The molecular formula is C25H44IN5O. The third-order valence-electron chi connectivity index (χ3n) is 6.45. The predicted octanol–water partition coefficient (Wildman–Crippen LogP) is 3.52. The Morgan fingerprint density at radius 3 is 2.56 bits per heavy atom. The lowest BCUT2D eigenvalue weighted by Crippen LogP contribution is -2.46. The van der Waals surface area contributed by atoms with Gasteiger partial charge in [0, 0.05) is 64.9 Å². The highest BCUT2D eigenvalue weighted by atomic mass is 127. The van der Waals surface area contributed by atoms with Crippen molar-refractivity contribution in [3.8, 4) is 0 Å². The van der Waals surface area contributed by atoms with Crippen LogP contribution in [-0.2, 0) is 4.74 Å². The molecule has 2 heterocycles. The van der Waals surface area contributed by atoms with Crippen molar-refractivity contribution in [1.82, 2.24) is 20.4 Å². The highest BCUT2D eigenvalue weighted by Gasteiger charge is 2.27. The topological polar surface area (TPSA) is 52.1 Å². The minimum atomic E-state index is 0. The molecule has 2 saturated heterocycles. The minimum absolute atomic E-state index is 0. The molecule has 1 aromatic carbocycles. The van der Waals surface area contributed by atoms with Gasteiger partial charge < -0.3 is 25.2 Å². The number of hydrogen-bond acceptors (Lipinski definition) is 4. The number of hydrogen-bond donors (Lipinski definition) is 2. The summed E-state index contributed by atoms with van der Waals surface area (Å²) in [6, 6.07) is 8.81. The molecule has 2 aliphatic heterocycles. The van der Waals surface area contributed by atoms with Gasteiger partial charge in [0.2, 0.25) is 0 Å². The van der Waals surface area contributed by atoms with Gasteiger partial charge in [0.25, 0.3) is 0 Å². The number of nitrogens with zero attached hydrogens (tertiary/aromatic N) is 3. The number of piperazine rings is 1. The molecule has 7 heteroatoms. The number of halogens is 1. The number of ether oxygens (including phenoxy) is 1. The second-order valence-electron chi connectivity index (χ2n) is 9.41. The van der Waals surface area contributed by atoms with Gasteiger partial charge in [0.15, 0.2) is 5.96 Å².